The lowest BCUT2D eigenvalue weighted by atomic mass is 10.1. The summed E-state index contributed by atoms with van der Waals surface area (Å²) in [7, 11) is -3.13. The van der Waals surface area contributed by atoms with Gasteiger partial charge in [-0.05, 0) is 54.6 Å². The molecule has 0 spiro atoms. The molecular weight excluding hydrogens is 475 g/mol. The van der Waals surface area contributed by atoms with Gasteiger partial charge in [-0.25, -0.2) is 14.0 Å². The highest BCUT2D eigenvalue weighted by atomic mass is 35.5. The van der Waals surface area contributed by atoms with Crippen LogP contribution < -0.4 is 10.6 Å². The van der Waals surface area contributed by atoms with E-state index in [1.807, 2.05) is 0 Å². The van der Waals surface area contributed by atoms with Gasteiger partial charge in [0.2, 0.25) is 0 Å². The Morgan fingerprint density at radius 2 is 1.66 bits per heavy atom. The zero-order valence-corrected chi connectivity index (χ0v) is 18.8. The predicted octanol–water partition coefficient (Wildman–Crippen LogP) is 4.29. The van der Waals surface area contributed by atoms with Gasteiger partial charge < -0.3 is 15.7 Å². The van der Waals surface area contributed by atoms with Crippen LogP contribution in [0.15, 0.2) is 65.7 Å². The van der Waals surface area contributed by atoms with Gasteiger partial charge in [0, 0.05) is 21.7 Å². The summed E-state index contributed by atoms with van der Waals surface area (Å²) in [5.74, 6) is -0.972. The maximum Gasteiger partial charge on any atom is 0.258 e. The van der Waals surface area contributed by atoms with E-state index < -0.39 is 21.5 Å². The van der Waals surface area contributed by atoms with E-state index >= 15 is 0 Å². The van der Waals surface area contributed by atoms with Crippen molar-refractivity contribution in [3.63, 3.8) is 0 Å². The molecule has 0 fully saturated rings. The summed E-state index contributed by atoms with van der Waals surface area (Å²) in [5, 5.41) is 14.9. The van der Waals surface area contributed by atoms with Crippen molar-refractivity contribution in [3.05, 3.63) is 82.0 Å². The summed E-state index contributed by atoms with van der Waals surface area (Å²) in [6.45, 7) is -0.377. The molecule has 2 amide bonds. The Kier molecular flexibility index (Phi) is 7.47. The molecule has 11 heteroatoms. The molecule has 0 saturated carbocycles. The van der Waals surface area contributed by atoms with Crippen molar-refractivity contribution in [2.75, 3.05) is 23.0 Å². The van der Waals surface area contributed by atoms with Crippen molar-refractivity contribution in [1.82, 2.24) is 4.98 Å². The number of hydrogen-bond donors (Lipinski definition) is 4. The average Bonchev–Trinajstić information content (AvgIpc) is 2.76. The first-order valence-electron chi connectivity index (χ1n) is 9.21. The predicted molar refractivity (Wildman–Crippen MR) is 124 cm³/mol. The Balaban J connectivity index is 1.80. The largest absolute Gasteiger partial charge is 0.395 e. The van der Waals surface area contributed by atoms with Crippen LogP contribution in [0.1, 0.15) is 20.7 Å². The minimum atomic E-state index is -3.13. The van der Waals surface area contributed by atoms with Gasteiger partial charge in [0.05, 0.1) is 38.4 Å². The fraction of sp³-hybridized carbons (Fsp3) is 0.0952. The smallest absolute Gasteiger partial charge is 0.258 e. The van der Waals surface area contributed by atoms with E-state index in [2.05, 4.69) is 15.6 Å². The standard InChI is InChI=1S/C21H18Cl2N4O4S/c22-14-3-7-18(17(11-14)21(30)27-19-8-4-15(23)12-25-19)26-20(29)13-1-5-16(6-2-13)32(24,31)10-9-28/h1-8,11-12,24,28H,9-10H2,(H,26,29)(H,25,27,30). The third-order valence-electron chi connectivity index (χ3n) is 4.32. The van der Waals surface area contributed by atoms with Gasteiger partial charge in [-0.2, -0.15) is 0 Å². The first-order valence-corrected chi connectivity index (χ1v) is 11.7. The molecule has 166 valence electrons. The topological polar surface area (TPSA) is 132 Å². The average molecular weight is 493 g/mol. The molecule has 0 aliphatic rings. The van der Waals surface area contributed by atoms with Gasteiger partial charge in [-0.1, -0.05) is 23.2 Å². The molecule has 0 aliphatic carbocycles. The molecule has 3 aromatic rings. The number of hydrogen-bond acceptors (Lipinski definition) is 6. The van der Waals surface area contributed by atoms with Gasteiger partial charge in [0.15, 0.2) is 0 Å². The van der Waals surface area contributed by atoms with Gasteiger partial charge in [-0.3, -0.25) is 9.59 Å². The van der Waals surface area contributed by atoms with Crippen molar-refractivity contribution in [1.29, 1.82) is 4.78 Å². The van der Waals surface area contributed by atoms with Crippen LogP contribution in [0.25, 0.3) is 0 Å². The van der Waals surface area contributed by atoms with Crippen LogP contribution in [-0.2, 0) is 9.73 Å². The number of amides is 2. The zero-order chi connectivity index (χ0) is 23.3. The second-order valence-corrected chi connectivity index (χ2v) is 9.69. The number of nitrogens with zero attached hydrogens (tertiary/aromatic N) is 1. The molecule has 32 heavy (non-hydrogen) atoms. The van der Waals surface area contributed by atoms with E-state index in [9.17, 15) is 13.8 Å². The Morgan fingerprint density at radius 3 is 2.28 bits per heavy atom. The number of nitrogens with one attached hydrogen (secondary N) is 3. The maximum atomic E-state index is 12.7. The minimum Gasteiger partial charge on any atom is -0.395 e. The third kappa shape index (κ3) is 5.83. The molecule has 0 saturated heterocycles. The first-order chi connectivity index (χ1) is 15.2. The van der Waals surface area contributed by atoms with Crippen molar-refractivity contribution in [3.8, 4) is 0 Å². The molecule has 0 bridgehead atoms. The number of benzene rings is 2. The summed E-state index contributed by atoms with van der Waals surface area (Å²) in [6, 6.07) is 13.2. The molecule has 1 aromatic heterocycles. The van der Waals surface area contributed by atoms with Crippen molar-refractivity contribution >= 4 is 56.3 Å². The Morgan fingerprint density at radius 1 is 0.969 bits per heavy atom. The second-order valence-electron chi connectivity index (χ2n) is 6.59. The van der Waals surface area contributed by atoms with E-state index in [1.54, 1.807) is 6.07 Å². The molecule has 2 aromatic carbocycles. The zero-order valence-electron chi connectivity index (χ0n) is 16.5. The van der Waals surface area contributed by atoms with E-state index in [0.717, 1.165) is 0 Å². The number of aliphatic hydroxyl groups is 1. The van der Waals surface area contributed by atoms with Crippen molar-refractivity contribution < 1.29 is 18.9 Å². The SMILES string of the molecule is N=S(=O)(CCO)c1ccc(C(=O)Nc2ccc(Cl)cc2C(=O)Nc2ccc(Cl)cn2)cc1. The van der Waals surface area contributed by atoms with E-state index in [4.69, 9.17) is 33.1 Å². The summed E-state index contributed by atoms with van der Waals surface area (Å²) in [4.78, 5) is 29.7. The molecule has 1 heterocycles. The molecule has 4 N–H and O–H groups in total. The highest BCUT2D eigenvalue weighted by Gasteiger charge is 2.17. The van der Waals surface area contributed by atoms with Gasteiger partial charge >= 0.3 is 0 Å². The van der Waals surface area contributed by atoms with Crippen LogP contribution in [-0.4, -0.2) is 38.5 Å². The number of aromatic nitrogens is 1. The van der Waals surface area contributed by atoms with Crippen LogP contribution >= 0.6 is 23.2 Å². The van der Waals surface area contributed by atoms with Crippen LogP contribution in [0.5, 0.6) is 0 Å². The van der Waals surface area contributed by atoms with E-state index in [1.165, 1.54) is 54.7 Å². The molecule has 8 nitrogen and oxygen atoms in total. The lowest BCUT2D eigenvalue weighted by Gasteiger charge is -2.12. The van der Waals surface area contributed by atoms with Gasteiger partial charge in [0.1, 0.15) is 5.82 Å². The third-order valence-corrected chi connectivity index (χ3v) is 6.57. The Labute approximate surface area is 194 Å². The summed E-state index contributed by atoms with van der Waals surface area (Å²) in [5.41, 5.74) is 0.574. The fourth-order valence-electron chi connectivity index (χ4n) is 2.71. The number of carbonyl (C=O) groups excluding carboxylic acids is 2. The molecule has 0 aliphatic heterocycles. The Bertz CT molecular complexity index is 1250. The van der Waals surface area contributed by atoms with Crippen LogP contribution in [0, 0.1) is 4.78 Å². The van der Waals surface area contributed by atoms with Gasteiger partial charge in [-0.15, -0.1) is 0 Å². The van der Waals surface area contributed by atoms with Crippen LogP contribution in [0.2, 0.25) is 10.0 Å². The summed E-state index contributed by atoms with van der Waals surface area (Å²) >= 11 is 11.8. The summed E-state index contributed by atoms with van der Waals surface area (Å²) in [6.07, 6.45) is 1.39. The quantitative estimate of drug-likeness (QED) is 0.390. The Hall–Kier alpha value is -2.98. The monoisotopic (exact) mass is 492 g/mol. The molecule has 3 rings (SSSR count). The van der Waals surface area contributed by atoms with Crippen molar-refractivity contribution in [2.24, 2.45) is 0 Å². The van der Waals surface area contributed by atoms with Crippen LogP contribution in [0.3, 0.4) is 0 Å². The fourth-order valence-corrected chi connectivity index (χ4v) is 4.07. The van der Waals surface area contributed by atoms with E-state index in [0.29, 0.717) is 10.0 Å². The normalized spacial score (nSPS) is 12.6. The number of rotatable bonds is 7. The van der Waals surface area contributed by atoms with E-state index in [-0.39, 0.29) is 39.9 Å². The lowest BCUT2D eigenvalue weighted by Crippen LogP contribution is -2.19. The number of anilines is 2. The number of carbonyl (C=O) groups is 2. The molecule has 0 radical (unpaired) electrons. The number of aliphatic hydroxyl groups excluding tert-OH is 1. The van der Waals surface area contributed by atoms with Crippen LogP contribution in [0.4, 0.5) is 11.5 Å². The maximum absolute atomic E-state index is 12.7. The molecule has 1 unspecified atom stereocenters. The second kappa shape index (κ2) is 10.1. The first kappa shape index (κ1) is 23.7. The molecule has 1 atom stereocenters. The lowest BCUT2D eigenvalue weighted by molar-refractivity contribution is 0.102. The highest BCUT2D eigenvalue weighted by Crippen LogP contribution is 2.23. The van der Waals surface area contributed by atoms with Gasteiger partial charge in [0.25, 0.3) is 11.8 Å². The highest BCUT2D eigenvalue weighted by molar-refractivity contribution is 7.92. The van der Waals surface area contributed by atoms with Crippen molar-refractivity contribution in [2.45, 2.75) is 4.90 Å². The number of pyridine rings is 1. The number of halogens is 2. The summed E-state index contributed by atoms with van der Waals surface area (Å²) < 4.78 is 20.0. The molecular formula is C21H18Cl2N4O4S. The minimum absolute atomic E-state index is 0.122.